The number of hydrogen-bond donors (Lipinski definition) is 2. The van der Waals surface area contributed by atoms with Crippen LogP contribution in [0.2, 0.25) is 0 Å². The Hall–Kier alpha value is -3.81. The molecular weight excluding hydrogens is 372 g/mol. The van der Waals surface area contributed by atoms with Crippen LogP contribution in [-0.4, -0.2) is 43.6 Å². The molecule has 0 radical (unpaired) electrons. The van der Waals surface area contributed by atoms with E-state index in [1.807, 2.05) is 37.3 Å². The van der Waals surface area contributed by atoms with Gasteiger partial charge in [-0.15, -0.1) is 0 Å². The molecule has 0 spiro atoms. The number of aromatic amines is 1. The van der Waals surface area contributed by atoms with E-state index < -0.39 is 5.91 Å². The molecule has 3 rings (SSSR count). The lowest BCUT2D eigenvalue weighted by Crippen LogP contribution is -2.19. The number of hydrogen-bond acceptors (Lipinski definition) is 6. The standard InChI is InChI=1S/C21H22N4O4/c1-13-19(14-8-6-5-7-9-14)23-24-20(13)21(26)25-22-12-15-10-17(28-3)18(29-4)11-16(15)27-2/h5-12H,1-4H3,(H,23,24)(H,25,26)/b22-12+. The minimum Gasteiger partial charge on any atom is -0.496 e. The molecule has 150 valence electrons. The molecule has 0 aliphatic rings. The van der Waals surface area contributed by atoms with Gasteiger partial charge in [0.25, 0.3) is 5.91 Å². The van der Waals surface area contributed by atoms with Crippen molar-refractivity contribution < 1.29 is 19.0 Å². The highest BCUT2D eigenvalue weighted by atomic mass is 16.5. The van der Waals surface area contributed by atoms with Crippen molar-refractivity contribution in [1.29, 1.82) is 0 Å². The van der Waals surface area contributed by atoms with E-state index in [1.54, 1.807) is 26.4 Å². The van der Waals surface area contributed by atoms with Gasteiger partial charge in [0, 0.05) is 22.8 Å². The highest BCUT2D eigenvalue weighted by Crippen LogP contribution is 2.33. The van der Waals surface area contributed by atoms with Crippen molar-refractivity contribution in [2.45, 2.75) is 6.92 Å². The van der Waals surface area contributed by atoms with E-state index in [9.17, 15) is 4.79 Å². The third kappa shape index (κ3) is 4.21. The van der Waals surface area contributed by atoms with Gasteiger partial charge >= 0.3 is 0 Å². The second kappa shape index (κ2) is 8.92. The Morgan fingerprint density at radius 1 is 1.03 bits per heavy atom. The molecule has 8 nitrogen and oxygen atoms in total. The van der Waals surface area contributed by atoms with Gasteiger partial charge in [0.1, 0.15) is 11.4 Å². The fraction of sp³-hybridized carbons (Fsp3) is 0.190. The quantitative estimate of drug-likeness (QED) is 0.474. The van der Waals surface area contributed by atoms with Crippen LogP contribution in [0.1, 0.15) is 21.6 Å². The number of carbonyl (C=O) groups is 1. The van der Waals surface area contributed by atoms with Gasteiger partial charge in [-0.1, -0.05) is 30.3 Å². The minimum absolute atomic E-state index is 0.347. The van der Waals surface area contributed by atoms with Crippen LogP contribution in [0.5, 0.6) is 17.2 Å². The first kappa shape index (κ1) is 19.9. The maximum absolute atomic E-state index is 12.5. The number of amides is 1. The average Bonchev–Trinajstić information content (AvgIpc) is 3.15. The molecule has 0 saturated heterocycles. The molecule has 0 aliphatic carbocycles. The summed E-state index contributed by atoms with van der Waals surface area (Å²) >= 11 is 0. The second-order valence-electron chi connectivity index (χ2n) is 6.09. The van der Waals surface area contributed by atoms with Gasteiger partial charge in [-0.3, -0.25) is 9.89 Å². The Morgan fingerprint density at radius 2 is 1.69 bits per heavy atom. The van der Waals surface area contributed by atoms with Gasteiger partial charge in [0.05, 0.1) is 33.2 Å². The molecule has 0 atom stereocenters. The normalized spacial score (nSPS) is 10.8. The second-order valence-corrected chi connectivity index (χ2v) is 6.09. The minimum atomic E-state index is -0.395. The highest BCUT2D eigenvalue weighted by Gasteiger charge is 2.16. The number of carbonyl (C=O) groups excluding carboxylic acids is 1. The molecule has 2 N–H and O–H groups in total. The predicted octanol–water partition coefficient (Wildman–Crippen LogP) is 3.17. The van der Waals surface area contributed by atoms with Crippen LogP contribution >= 0.6 is 0 Å². The summed E-state index contributed by atoms with van der Waals surface area (Å²) in [5, 5.41) is 11.1. The van der Waals surface area contributed by atoms with E-state index in [2.05, 4.69) is 20.7 Å². The first-order valence-electron chi connectivity index (χ1n) is 8.82. The largest absolute Gasteiger partial charge is 0.496 e. The van der Waals surface area contributed by atoms with E-state index in [0.29, 0.717) is 28.5 Å². The van der Waals surface area contributed by atoms with Gasteiger partial charge in [-0.25, -0.2) is 5.43 Å². The van der Waals surface area contributed by atoms with Crippen molar-refractivity contribution >= 4 is 12.1 Å². The highest BCUT2D eigenvalue weighted by molar-refractivity contribution is 5.96. The zero-order valence-corrected chi connectivity index (χ0v) is 16.6. The first-order chi connectivity index (χ1) is 14.1. The summed E-state index contributed by atoms with van der Waals surface area (Å²) in [4.78, 5) is 12.5. The third-order valence-electron chi connectivity index (χ3n) is 4.39. The van der Waals surface area contributed by atoms with Crippen LogP contribution < -0.4 is 19.6 Å². The van der Waals surface area contributed by atoms with Crippen LogP contribution in [0.4, 0.5) is 0 Å². The molecule has 1 aromatic heterocycles. The Labute approximate surface area is 168 Å². The summed E-state index contributed by atoms with van der Waals surface area (Å²) in [7, 11) is 4.62. The molecule has 1 amide bonds. The Balaban J connectivity index is 1.78. The number of rotatable bonds is 7. The van der Waals surface area contributed by atoms with Crippen molar-refractivity contribution in [3.63, 3.8) is 0 Å². The van der Waals surface area contributed by atoms with Gasteiger partial charge < -0.3 is 14.2 Å². The van der Waals surface area contributed by atoms with Crippen LogP contribution in [0.3, 0.4) is 0 Å². The molecule has 0 bridgehead atoms. The lowest BCUT2D eigenvalue weighted by Gasteiger charge is -2.11. The molecule has 0 aliphatic heterocycles. The third-order valence-corrected chi connectivity index (χ3v) is 4.39. The van der Waals surface area contributed by atoms with E-state index in [-0.39, 0.29) is 0 Å². The molecular formula is C21H22N4O4. The fourth-order valence-corrected chi connectivity index (χ4v) is 2.87. The Morgan fingerprint density at radius 3 is 2.34 bits per heavy atom. The zero-order valence-electron chi connectivity index (χ0n) is 16.6. The predicted molar refractivity (Wildman–Crippen MR) is 110 cm³/mol. The maximum atomic E-state index is 12.5. The Bertz CT molecular complexity index is 1030. The molecule has 0 unspecified atom stereocenters. The summed E-state index contributed by atoms with van der Waals surface area (Å²) in [5.74, 6) is 1.20. The van der Waals surface area contributed by atoms with Crippen LogP contribution in [-0.2, 0) is 0 Å². The SMILES string of the molecule is COc1cc(OC)c(OC)cc1/C=N/NC(=O)c1[nH]nc(-c2ccccc2)c1C. The maximum Gasteiger partial charge on any atom is 0.289 e. The molecule has 29 heavy (non-hydrogen) atoms. The van der Waals surface area contributed by atoms with Crippen molar-refractivity contribution in [3.05, 3.63) is 59.3 Å². The topological polar surface area (TPSA) is 97.8 Å². The summed E-state index contributed by atoms with van der Waals surface area (Å²) < 4.78 is 15.9. The number of nitrogens with one attached hydrogen (secondary N) is 2. The van der Waals surface area contributed by atoms with Crippen LogP contribution in [0, 0.1) is 6.92 Å². The lowest BCUT2D eigenvalue weighted by atomic mass is 10.1. The van der Waals surface area contributed by atoms with E-state index in [4.69, 9.17) is 14.2 Å². The molecule has 2 aromatic carbocycles. The summed E-state index contributed by atoms with van der Waals surface area (Å²) in [6, 6.07) is 13.0. The molecule has 0 fully saturated rings. The summed E-state index contributed by atoms with van der Waals surface area (Å²) in [6.07, 6.45) is 1.47. The monoisotopic (exact) mass is 394 g/mol. The van der Waals surface area contributed by atoms with Gasteiger partial charge in [-0.2, -0.15) is 10.2 Å². The number of aromatic nitrogens is 2. The molecule has 1 heterocycles. The van der Waals surface area contributed by atoms with E-state index in [1.165, 1.54) is 13.3 Å². The number of benzene rings is 2. The summed E-state index contributed by atoms with van der Waals surface area (Å²) in [6.45, 7) is 1.84. The fourth-order valence-electron chi connectivity index (χ4n) is 2.87. The number of methoxy groups -OCH3 is 3. The number of nitrogens with zero attached hydrogens (tertiary/aromatic N) is 2. The number of ether oxygens (including phenoxy) is 3. The number of H-pyrrole nitrogens is 1. The van der Waals surface area contributed by atoms with Crippen molar-refractivity contribution in [3.8, 4) is 28.5 Å². The van der Waals surface area contributed by atoms with E-state index in [0.717, 1.165) is 16.8 Å². The summed E-state index contributed by atoms with van der Waals surface area (Å²) in [5.41, 5.74) is 5.87. The van der Waals surface area contributed by atoms with Gasteiger partial charge in [0.15, 0.2) is 11.5 Å². The lowest BCUT2D eigenvalue weighted by molar-refractivity contribution is 0.0949. The molecule has 3 aromatic rings. The van der Waals surface area contributed by atoms with Gasteiger partial charge in [-0.05, 0) is 13.0 Å². The van der Waals surface area contributed by atoms with Crippen molar-refractivity contribution in [1.82, 2.24) is 15.6 Å². The van der Waals surface area contributed by atoms with E-state index >= 15 is 0 Å². The number of hydrazone groups is 1. The van der Waals surface area contributed by atoms with Gasteiger partial charge in [0.2, 0.25) is 0 Å². The zero-order chi connectivity index (χ0) is 20.8. The first-order valence-corrected chi connectivity index (χ1v) is 8.82. The smallest absolute Gasteiger partial charge is 0.289 e. The molecule has 8 heteroatoms. The Kier molecular flexibility index (Phi) is 6.13. The molecule has 0 saturated carbocycles. The van der Waals surface area contributed by atoms with Crippen LogP contribution in [0.15, 0.2) is 47.6 Å². The van der Waals surface area contributed by atoms with Crippen molar-refractivity contribution in [2.75, 3.05) is 21.3 Å². The average molecular weight is 394 g/mol. The van der Waals surface area contributed by atoms with Crippen LogP contribution in [0.25, 0.3) is 11.3 Å². The van der Waals surface area contributed by atoms with Crippen molar-refractivity contribution in [2.24, 2.45) is 5.10 Å².